The van der Waals surface area contributed by atoms with Crippen molar-refractivity contribution in [3.8, 4) is 11.8 Å². The fourth-order valence-corrected chi connectivity index (χ4v) is 2.12. The largest absolute Gasteiger partial charge is 0.481 e. The molecule has 0 aromatic heterocycles. The second-order valence-electron chi connectivity index (χ2n) is 5.36. The Bertz CT molecular complexity index is 703. The number of amides is 1. The van der Waals surface area contributed by atoms with Crippen LogP contribution >= 0.6 is 0 Å². The standard InChI is InChI=1S/C19H20N2O3/c1-14(24-18-9-7-15(11-20)8-10-18)19(22)21-12-16-3-5-17(6-4-16)13-23-2/h3-10,14H,12-13H2,1-2H3,(H,21,22). The van der Waals surface area contributed by atoms with E-state index in [2.05, 4.69) is 5.32 Å². The minimum atomic E-state index is -0.620. The first-order valence-electron chi connectivity index (χ1n) is 7.63. The van der Waals surface area contributed by atoms with E-state index in [1.54, 1.807) is 38.3 Å². The second-order valence-corrected chi connectivity index (χ2v) is 5.36. The lowest BCUT2D eigenvalue weighted by Gasteiger charge is -2.15. The molecule has 24 heavy (non-hydrogen) atoms. The molecule has 0 saturated heterocycles. The molecule has 0 fully saturated rings. The van der Waals surface area contributed by atoms with Crippen molar-refractivity contribution in [1.29, 1.82) is 5.26 Å². The summed E-state index contributed by atoms with van der Waals surface area (Å²) in [5.41, 5.74) is 2.65. The average Bonchev–Trinajstić information content (AvgIpc) is 2.61. The van der Waals surface area contributed by atoms with Crippen LogP contribution < -0.4 is 10.1 Å². The molecule has 124 valence electrons. The van der Waals surface area contributed by atoms with Crippen molar-refractivity contribution < 1.29 is 14.3 Å². The number of nitrogens with zero attached hydrogens (tertiary/aromatic N) is 1. The van der Waals surface area contributed by atoms with Crippen LogP contribution in [-0.2, 0) is 22.7 Å². The maximum absolute atomic E-state index is 12.1. The number of nitriles is 1. The summed E-state index contributed by atoms with van der Waals surface area (Å²) >= 11 is 0. The van der Waals surface area contributed by atoms with Gasteiger partial charge in [-0.05, 0) is 42.3 Å². The molecule has 0 aliphatic heterocycles. The van der Waals surface area contributed by atoms with Gasteiger partial charge < -0.3 is 14.8 Å². The summed E-state index contributed by atoms with van der Waals surface area (Å²) in [6.45, 7) is 2.70. The summed E-state index contributed by atoms with van der Waals surface area (Å²) < 4.78 is 10.6. The van der Waals surface area contributed by atoms with Crippen LogP contribution in [0.15, 0.2) is 48.5 Å². The number of hydrogen-bond acceptors (Lipinski definition) is 4. The lowest BCUT2D eigenvalue weighted by molar-refractivity contribution is -0.127. The van der Waals surface area contributed by atoms with Crippen LogP contribution in [0.1, 0.15) is 23.6 Å². The van der Waals surface area contributed by atoms with Crippen molar-refractivity contribution in [2.75, 3.05) is 7.11 Å². The molecule has 0 bridgehead atoms. The van der Waals surface area contributed by atoms with Gasteiger partial charge in [-0.1, -0.05) is 24.3 Å². The van der Waals surface area contributed by atoms with Gasteiger partial charge in [0, 0.05) is 13.7 Å². The summed E-state index contributed by atoms with van der Waals surface area (Å²) in [6.07, 6.45) is -0.620. The highest BCUT2D eigenvalue weighted by Crippen LogP contribution is 2.13. The van der Waals surface area contributed by atoms with E-state index in [1.807, 2.05) is 30.3 Å². The number of hydrogen-bond donors (Lipinski definition) is 1. The first-order valence-corrected chi connectivity index (χ1v) is 7.63. The Labute approximate surface area is 141 Å². The Balaban J connectivity index is 1.83. The molecule has 0 spiro atoms. The Morgan fingerprint density at radius 3 is 2.33 bits per heavy atom. The van der Waals surface area contributed by atoms with E-state index in [1.165, 1.54) is 0 Å². The molecule has 2 rings (SSSR count). The predicted molar refractivity (Wildman–Crippen MR) is 90.2 cm³/mol. The highest BCUT2D eigenvalue weighted by molar-refractivity contribution is 5.80. The Morgan fingerprint density at radius 2 is 1.75 bits per heavy atom. The van der Waals surface area contributed by atoms with Crippen LogP contribution in [0.5, 0.6) is 5.75 Å². The van der Waals surface area contributed by atoms with Gasteiger partial charge in [-0.2, -0.15) is 5.26 Å². The number of rotatable bonds is 7. The van der Waals surface area contributed by atoms with Crippen molar-refractivity contribution in [1.82, 2.24) is 5.32 Å². The number of ether oxygens (including phenoxy) is 2. The quantitative estimate of drug-likeness (QED) is 0.850. The molecule has 1 atom stereocenters. The topological polar surface area (TPSA) is 71.3 Å². The number of benzene rings is 2. The van der Waals surface area contributed by atoms with E-state index in [-0.39, 0.29) is 5.91 Å². The van der Waals surface area contributed by atoms with Crippen LogP contribution in [-0.4, -0.2) is 19.1 Å². The van der Waals surface area contributed by atoms with Crippen LogP contribution in [0.25, 0.3) is 0 Å². The molecule has 5 heteroatoms. The summed E-state index contributed by atoms with van der Waals surface area (Å²) in [6, 6.07) is 16.6. The first-order chi connectivity index (χ1) is 11.6. The van der Waals surface area contributed by atoms with Gasteiger partial charge in [0.2, 0.25) is 0 Å². The van der Waals surface area contributed by atoms with Crippen LogP contribution in [0.4, 0.5) is 0 Å². The van der Waals surface area contributed by atoms with E-state index in [0.29, 0.717) is 24.5 Å². The van der Waals surface area contributed by atoms with Crippen molar-refractivity contribution in [3.05, 3.63) is 65.2 Å². The van der Waals surface area contributed by atoms with Crippen LogP contribution in [0.2, 0.25) is 0 Å². The molecule has 2 aromatic rings. The van der Waals surface area contributed by atoms with Gasteiger partial charge >= 0.3 is 0 Å². The fraction of sp³-hybridized carbons (Fsp3) is 0.263. The average molecular weight is 324 g/mol. The van der Waals surface area contributed by atoms with Crippen LogP contribution in [0.3, 0.4) is 0 Å². The molecule has 2 aromatic carbocycles. The highest BCUT2D eigenvalue weighted by atomic mass is 16.5. The minimum absolute atomic E-state index is 0.194. The van der Waals surface area contributed by atoms with E-state index in [9.17, 15) is 4.79 Å². The van der Waals surface area contributed by atoms with Gasteiger partial charge in [-0.3, -0.25) is 4.79 Å². The normalized spacial score (nSPS) is 11.4. The van der Waals surface area contributed by atoms with E-state index < -0.39 is 6.10 Å². The molecule has 5 nitrogen and oxygen atoms in total. The summed E-state index contributed by atoms with van der Waals surface area (Å²) in [4.78, 5) is 12.1. The third-order valence-electron chi connectivity index (χ3n) is 3.47. The molecule has 0 radical (unpaired) electrons. The zero-order valence-corrected chi connectivity index (χ0v) is 13.8. The number of methoxy groups -OCH3 is 1. The summed E-state index contributed by atoms with van der Waals surface area (Å²) in [5, 5.41) is 11.6. The highest BCUT2D eigenvalue weighted by Gasteiger charge is 2.14. The van der Waals surface area contributed by atoms with Crippen molar-refractivity contribution in [3.63, 3.8) is 0 Å². The van der Waals surface area contributed by atoms with E-state index >= 15 is 0 Å². The van der Waals surface area contributed by atoms with Gasteiger partial charge in [0.15, 0.2) is 6.10 Å². The lowest BCUT2D eigenvalue weighted by atomic mass is 10.1. The third-order valence-corrected chi connectivity index (χ3v) is 3.47. The number of nitrogens with one attached hydrogen (secondary N) is 1. The zero-order valence-electron chi connectivity index (χ0n) is 13.8. The molecular weight excluding hydrogens is 304 g/mol. The van der Waals surface area contributed by atoms with Gasteiger partial charge in [-0.15, -0.1) is 0 Å². The van der Waals surface area contributed by atoms with Gasteiger partial charge in [0.05, 0.1) is 18.2 Å². The van der Waals surface area contributed by atoms with Crippen molar-refractivity contribution >= 4 is 5.91 Å². The van der Waals surface area contributed by atoms with E-state index in [0.717, 1.165) is 11.1 Å². The second kappa shape index (κ2) is 8.70. The SMILES string of the molecule is COCc1ccc(CNC(=O)C(C)Oc2ccc(C#N)cc2)cc1. The number of carbonyl (C=O) groups is 1. The van der Waals surface area contributed by atoms with Gasteiger partial charge in [0.1, 0.15) is 5.75 Å². The number of carbonyl (C=O) groups excluding carboxylic acids is 1. The fourth-order valence-electron chi connectivity index (χ4n) is 2.12. The molecule has 1 unspecified atom stereocenters. The van der Waals surface area contributed by atoms with E-state index in [4.69, 9.17) is 14.7 Å². The maximum atomic E-state index is 12.1. The smallest absolute Gasteiger partial charge is 0.261 e. The van der Waals surface area contributed by atoms with Crippen LogP contribution in [0, 0.1) is 11.3 Å². The van der Waals surface area contributed by atoms with Gasteiger partial charge in [-0.25, -0.2) is 0 Å². The minimum Gasteiger partial charge on any atom is -0.481 e. The predicted octanol–water partition coefficient (Wildman–Crippen LogP) is 2.79. The third kappa shape index (κ3) is 5.11. The summed E-state index contributed by atoms with van der Waals surface area (Å²) in [7, 11) is 1.66. The Hall–Kier alpha value is -2.84. The van der Waals surface area contributed by atoms with Crippen molar-refractivity contribution in [2.24, 2.45) is 0 Å². The monoisotopic (exact) mass is 324 g/mol. The molecule has 0 heterocycles. The molecule has 0 aliphatic carbocycles. The molecule has 1 N–H and O–H groups in total. The zero-order chi connectivity index (χ0) is 17.4. The van der Waals surface area contributed by atoms with Gasteiger partial charge in [0.25, 0.3) is 5.91 Å². The van der Waals surface area contributed by atoms with Crippen molar-refractivity contribution in [2.45, 2.75) is 26.2 Å². The molecular formula is C19H20N2O3. The maximum Gasteiger partial charge on any atom is 0.261 e. The molecule has 1 amide bonds. The lowest BCUT2D eigenvalue weighted by Crippen LogP contribution is -2.35. The summed E-state index contributed by atoms with van der Waals surface area (Å²) in [5.74, 6) is 0.362. The molecule has 0 saturated carbocycles. The Morgan fingerprint density at radius 1 is 1.12 bits per heavy atom. The Kier molecular flexibility index (Phi) is 6.35. The first kappa shape index (κ1) is 17.5. The molecule has 0 aliphatic rings.